The second kappa shape index (κ2) is 7.92. The Balaban J connectivity index is 2.35. The third-order valence-corrected chi connectivity index (χ3v) is 2.84. The van der Waals surface area contributed by atoms with Crippen molar-refractivity contribution in [2.75, 3.05) is 18.4 Å². The summed E-state index contributed by atoms with van der Waals surface area (Å²) in [5.74, 6) is -0.512. The molecule has 0 saturated heterocycles. The Labute approximate surface area is 126 Å². The van der Waals surface area contributed by atoms with E-state index < -0.39 is 18.0 Å². The van der Waals surface area contributed by atoms with E-state index >= 15 is 0 Å². The zero-order valence-electron chi connectivity index (χ0n) is 12.3. The van der Waals surface area contributed by atoms with E-state index in [1.54, 1.807) is 13.8 Å². The summed E-state index contributed by atoms with van der Waals surface area (Å²) >= 11 is 0. The van der Waals surface area contributed by atoms with Gasteiger partial charge in [-0.2, -0.15) is 13.2 Å². The Morgan fingerprint density at radius 1 is 1.36 bits per heavy atom. The van der Waals surface area contributed by atoms with Gasteiger partial charge in [-0.1, -0.05) is 13.8 Å². The molecule has 1 aromatic heterocycles. The molecule has 0 radical (unpaired) electrons. The number of nitrogens with one attached hydrogen (secondary N) is 2. The topological polar surface area (TPSA) is 87.1 Å². The van der Waals surface area contributed by atoms with E-state index in [9.17, 15) is 23.1 Å². The number of aliphatic hydroxyl groups is 1. The summed E-state index contributed by atoms with van der Waals surface area (Å²) in [4.78, 5) is 18.5. The van der Waals surface area contributed by atoms with Gasteiger partial charge in [0.2, 0.25) is 11.9 Å². The second-order valence-corrected chi connectivity index (χ2v) is 5.06. The lowest BCUT2D eigenvalue weighted by Gasteiger charge is -2.14. The minimum Gasteiger partial charge on any atom is -0.392 e. The van der Waals surface area contributed by atoms with Gasteiger partial charge in [0.15, 0.2) is 0 Å². The van der Waals surface area contributed by atoms with Crippen molar-refractivity contribution < 1.29 is 23.1 Å². The Morgan fingerprint density at radius 2 is 2.05 bits per heavy atom. The van der Waals surface area contributed by atoms with Crippen LogP contribution in [-0.2, 0) is 11.0 Å². The van der Waals surface area contributed by atoms with Crippen molar-refractivity contribution >= 4 is 11.9 Å². The van der Waals surface area contributed by atoms with Crippen LogP contribution >= 0.6 is 0 Å². The fourth-order valence-corrected chi connectivity index (χ4v) is 1.48. The van der Waals surface area contributed by atoms with Crippen molar-refractivity contribution in [3.8, 4) is 0 Å². The maximum absolute atomic E-state index is 12.4. The van der Waals surface area contributed by atoms with Crippen LogP contribution in [0.1, 0.15) is 26.0 Å². The van der Waals surface area contributed by atoms with E-state index in [4.69, 9.17) is 0 Å². The lowest BCUT2D eigenvalue weighted by molar-refractivity contribution is -0.141. The molecule has 22 heavy (non-hydrogen) atoms. The number of rotatable bonds is 7. The van der Waals surface area contributed by atoms with Gasteiger partial charge >= 0.3 is 6.18 Å². The molecule has 0 saturated carbocycles. The fourth-order valence-electron chi connectivity index (χ4n) is 1.48. The number of nitrogens with zero attached hydrogens (tertiary/aromatic N) is 2. The summed E-state index contributed by atoms with van der Waals surface area (Å²) in [5, 5.41) is 14.7. The van der Waals surface area contributed by atoms with Gasteiger partial charge in [-0.25, -0.2) is 9.97 Å². The van der Waals surface area contributed by atoms with E-state index in [-0.39, 0.29) is 37.3 Å². The van der Waals surface area contributed by atoms with Crippen LogP contribution in [0.5, 0.6) is 0 Å². The number of alkyl halides is 3. The number of hydrogen-bond acceptors (Lipinski definition) is 5. The minimum absolute atomic E-state index is 0.0161. The average Bonchev–Trinajstić information content (AvgIpc) is 2.43. The molecule has 0 fully saturated rings. The first-order valence-electron chi connectivity index (χ1n) is 6.79. The Bertz CT molecular complexity index is 494. The molecule has 1 atom stereocenters. The van der Waals surface area contributed by atoms with Gasteiger partial charge in [0.25, 0.3) is 0 Å². The SMILES string of the molecule is CC(C)C(O)CC(=O)NCCNc1nccc(C(F)(F)F)n1. The third kappa shape index (κ3) is 6.25. The maximum Gasteiger partial charge on any atom is 0.433 e. The normalized spacial score (nSPS) is 13.0. The summed E-state index contributed by atoms with van der Waals surface area (Å²) in [7, 11) is 0. The molecule has 1 amide bonds. The standard InChI is InChI=1S/C13H19F3N4O2/c1-8(2)9(21)7-11(22)17-5-6-19-12-18-4-3-10(20-12)13(14,15)16/h3-4,8-9,21H,5-7H2,1-2H3,(H,17,22)(H,18,19,20). The Hall–Kier alpha value is -1.90. The number of aliphatic hydroxyl groups excluding tert-OH is 1. The van der Waals surface area contributed by atoms with E-state index in [1.807, 2.05) is 0 Å². The molecule has 6 nitrogen and oxygen atoms in total. The van der Waals surface area contributed by atoms with Crippen molar-refractivity contribution in [1.29, 1.82) is 0 Å². The Kier molecular flexibility index (Phi) is 6.54. The third-order valence-electron chi connectivity index (χ3n) is 2.84. The van der Waals surface area contributed by atoms with Gasteiger partial charge in [-0.05, 0) is 12.0 Å². The highest BCUT2D eigenvalue weighted by molar-refractivity contribution is 5.76. The van der Waals surface area contributed by atoms with Gasteiger partial charge < -0.3 is 15.7 Å². The molecule has 9 heteroatoms. The molecule has 1 aromatic rings. The Morgan fingerprint density at radius 3 is 2.64 bits per heavy atom. The molecule has 0 aliphatic rings. The number of carbonyl (C=O) groups is 1. The van der Waals surface area contributed by atoms with Gasteiger partial charge in [-0.3, -0.25) is 4.79 Å². The molecule has 0 aromatic carbocycles. The molecule has 0 bridgehead atoms. The van der Waals surface area contributed by atoms with Gasteiger partial charge in [-0.15, -0.1) is 0 Å². The summed E-state index contributed by atoms with van der Waals surface area (Å²) in [5.41, 5.74) is -1.03. The number of hydrogen-bond donors (Lipinski definition) is 3. The van der Waals surface area contributed by atoms with E-state index in [1.165, 1.54) is 0 Å². The molecule has 1 rings (SSSR count). The van der Waals surface area contributed by atoms with Crippen LogP contribution in [0, 0.1) is 5.92 Å². The molecule has 124 valence electrons. The van der Waals surface area contributed by atoms with E-state index in [0.29, 0.717) is 0 Å². The lowest BCUT2D eigenvalue weighted by Crippen LogP contribution is -2.32. The van der Waals surface area contributed by atoms with Gasteiger partial charge in [0.1, 0.15) is 5.69 Å². The van der Waals surface area contributed by atoms with Crippen LogP contribution in [-0.4, -0.2) is 40.2 Å². The summed E-state index contributed by atoms with van der Waals surface area (Å²) in [6.45, 7) is 3.95. The maximum atomic E-state index is 12.4. The first-order chi connectivity index (χ1) is 10.2. The molecule has 1 unspecified atom stereocenters. The number of amides is 1. The molecule has 0 spiro atoms. The van der Waals surface area contributed by atoms with Crippen LogP contribution in [0.25, 0.3) is 0 Å². The molecular formula is C13H19F3N4O2. The highest BCUT2D eigenvalue weighted by Gasteiger charge is 2.32. The van der Waals surface area contributed by atoms with Crippen LogP contribution in [0.4, 0.5) is 19.1 Å². The van der Waals surface area contributed by atoms with Crippen LogP contribution in [0.2, 0.25) is 0 Å². The quantitative estimate of drug-likeness (QED) is 0.662. The molecule has 3 N–H and O–H groups in total. The van der Waals surface area contributed by atoms with Crippen LogP contribution in [0.15, 0.2) is 12.3 Å². The summed E-state index contributed by atoms with van der Waals surface area (Å²) in [6.07, 6.45) is -4.26. The zero-order chi connectivity index (χ0) is 16.8. The van der Waals surface area contributed by atoms with Crippen LogP contribution < -0.4 is 10.6 Å². The number of aromatic nitrogens is 2. The number of halogens is 3. The fraction of sp³-hybridized carbons (Fsp3) is 0.615. The number of carbonyl (C=O) groups excluding carboxylic acids is 1. The predicted molar refractivity (Wildman–Crippen MR) is 74.0 cm³/mol. The van der Waals surface area contributed by atoms with Crippen molar-refractivity contribution in [3.05, 3.63) is 18.0 Å². The van der Waals surface area contributed by atoms with E-state index in [0.717, 1.165) is 12.3 Å². The smallest absolute Gasteiger partial charge is 0.392 e. The van der Waals surface area contributed by atoms with Gasteiger partial charge in [0, 0.05) is 19.3 Å². The highest BCUT2D eigenvalue weighted by Crippen LogP contribution is 2.27. The first kappa shape index (κ1) is 18.1. The monoisotopic (exact) mass is 320 g/mol. The van der Waals surface area contributed by atoms with Crippen molar-refractivity contribution in [2.24, 2.45) is 5.92 Å². The first-order valence-corrected chi connectivity index (χ1v) is 6.79. The van der Waals surface area contributed by atoms with Crippen molar-refractivity contribution in [1.82, 2.24) is 15.3 Å². The highest BCUT2D eigenvalue weighted by atomic mass is 19.4. The van der Waals surface area contributed by atoms with Crippen molar-refractivity contribution in [3.63, 3.8) is 0 Å². The van der Waals surface area contributed by atoms with Gasteiger partial charge in [0.05, 0.1) is 12.5 Å². The molecular weight excluding hydrogens is 301 g/mol. The second-order valence-electron chi connectivity index (χ2n) is 5.06. The lowest BCUT2D eigenvalue weighted by atomic mass is 10.0. The number of anilines is 1. The molecule has 1 heterocycles. The predicted octanol–water partition coefficient (Wildman–Crippen LogP) is 1.43. The largest absolute Gasteiger partial charge is 0.433 e. The minimum atomic E-state index is -4.53. The summed E-state index contributed by atoms with van der Waals surface area (Å²) < 4.78 is 37.3. The summed E-state index contributed by atoms with van der Waals surface area (Å²) in [6, 6.07) is 0.778. The van der Waals surface area contributed by atoms with E-state index in [2.05, 4.69) is 20.6 Å². The average molecular weight is 320 g/mol. The zero-order valence-corrected chi connectivity index (χ0v) is 12.3. The van der Waals surface area contributed by atoms with Crippen LogP contribution in [0.3, 0.4) is 0 Å². The molecule has 0 aliphatic carbocycles. The molecule has 0 aliphatic heterocycles. The van der Waals surface area contributed by atoms with Crippen molar-refractivity contribution in [2.45, 2.75) is 32.5 Å².